The van der Waals surface area contributed by atoms with Gasteiger partial charge in [-0.1, -0.05) is 12.1 Å². The van der Waals surface area contributed by atoms with Crippen molar-refractivity contribution in [3.8, 4) is 5.75 Å². The lowest BCUT2D eigenvalue weighted by atomic mass is 10.1. The normalized spacial score (nSPS) is 13.7. The van der Waals surface area contributed by atoms with Crippen LogP contribution in [0.25, 0.3) is 0 Å². The summed E-state index contributed by atoms with van der Waals surface area (Å²) in [6.45, 7) is 0.575. The molecular formula is C16H14FNO2S. The van der Waals surface area contributed by atoms with Crippen LogP contribution in [0.2, 0.25) is 0 Å². The number of fused-ring (bicyclic) bond motifs is 1. The van der Waals surface area contributed by atoms with Crippen LogP contribution in [0.4, 0.5) is 10.1 Å². The lowest BCUT2D eigenvalue weighted by Crippen LogP contribution is -2.35. The molecule has 2 aromatic carbocycles. The number of hydrogen-bond acceptors (Lipinski definition) is 3. The molecule has 21 heavy (non-hydrogen) atoms. The van der Waals surface area contributed by atoms with Crippen LogP contribution in [0.15, 0.2) is 47.4 Å². The fourth-order valence-corrected chi connectivity index (χ4v) is 3.32. The molecule has 0 saturated carbocycles. The summed E-state index contributed by atoms with van der Waals surface area (Å²) < 4.78 is 19.0. The maximum Gasteiger partial charge on any atom is 0.261 e. The van der Waals surface area contributed by atoms with Crippen molar-refractivity contribution in [1.82, 2.24) is 0 Å². The van der Waals surface area contributed by atoms with Crippen molar-refractivity contribution < 1.29 is 13.9 Å². The van der Waals surface area contributed by atoms with Gasteiger partial charge < -0.3 is 9.64 Å². The molecule has 5 heteroatoms. The van der Waals surface area contributed by atoms with Crippen LogP contribution in [-0.4, -0.2) is 25.3 Å². The number of carbonyl (C=O) groups excluding carboxylic acids is 1. The smallest absolute Gasteiger partial charge is 0.261 e. The summed E-state index contributed by atoms with van der Waals surface area (Å²) in [4.78, 5) is 15.3. The molecule has 1 heterocycles. The van der Waals surface area contributed by atoms with Gasteiger partial charge in [-0.15, -0.1) is 11.8 Å². The van der Waals surface area contributed by atoms with Gasteiger partial charge in [-0.2, -0.15) is 0 Å². The average Bonchev–Trinajstić information content (AvgIpc) is 2.53. The molecule has 0 saturated heterocycles. The number of amides is 1. The standard InChI is InChI=1S/C16H14FNO2S/c1-20-11-6-7-12(13(17)10-11)16(19)18-8-9-21-15-5-3-2-4-14(15)18/h2-7,10H,8-9H2,1H3. The highest BCUT2D eigenvalue weighted by Crippen LogP contribution is 2.35. The largest absolute Gasteiger partial charge is 0.497 e. The number of carbonyl (C=O) groups is 1. The number of halogens is 1. The number of benzene rings is 2. The summed E-state index contributed by atoms with van der Waals surface area (Å²) in [6, 6.07) is 12.0. The maximum atomic E-state index is 14.1. The summed E-state index contributed by atoms with van der Waals surface area (Å²) in [6.07, 6.45) is 0. The predicted molar refractivity (Wildman–Crippen MR) is 81.8 cm³/mol. The van der Waals surface area contributed by atoms with Gasteiger partial charge in [0.1, 0.15) is 11.6 Å². The van der Waals surface area contributed by atoms with E-state index >= 15 is 0 Å². The topological polar surface area (TPSA) is 29.5 Å². The number of ether oxygens (including phenoxy) is 1. The Morgan fingerprint density at radius 2 is 2.10 bits per heavy atom. The molecule has 0 fully saturated rings. The van der Waals surface area contributed by atoms with Gasteiger partial charge >= 0.3 is 0 Å². The first-order valence-electron chi connectivity index (χ1n) is 6.58. The Labute approximate surface area is 126 Å². The zero-order valence-corrected chi connectivity index (χ0v) is 12.3. The number of para-hydroxylation sites is 1. The second kappa shape index (κ2) is 5.77. The van der Waals surface area contributed by atoms with Gasteiger partial charge in [-0.25, -0.2) is 4.39 Å². The van der Waals surface area contributed by atoms with Crippen LogP contribution in [0.3, 0.4) is 0 Å². The summed E-state index contributed by atoms with van der Waals surface area (Å²) in [7, 11) is 1.47. The fourth-order valence-electron chi connectivity index (χ4n) is 2.32. The first-order valence-corrected chi connectivity index (χ1v) is 7.56. The van der Waals surface area contributed by atoms with E-state index in [0.29, 0.717) is 12.3 Å². The van der Waals surface area contributed by atoms with E-state index in [0.717, 1.165) is 16.3 Å². The molecule has 2 aromatic rings. The quantitative estimate of drug-likeness (QED) is 0.849. The molecule has 1 aliphatic rings. The Morgan fingerprint density at radius 1 is 1.29 bits per heavy atom. The Morgan fingerprint density at radius 3 is 2.86 bits per heavy atom. The second-order valence-corrected chi connectivity index (χ2v) is 5.76. The molecule has 0 aromatic heterocycles. The minimum Gasteiger partial charge on any atom is -0.497 e. The maximum absolute atomic E-state index is 14.1. The van der Waals surface area contributed by atoms with E-state index < -0.39 is 5.82 Å². The van der Waals surface area contributed by atoms with E-state index in [2.05, 4.69) is 0 Å². The minimum atomic E-state index is -0.560. The summed E-state index contributed by atoms with van der Waals surface area (Å²) in [5.41, 5.74) is 0.909. The van der Waals surface area contributed by atoms with Crippen molar-refractivity contribution in [1.29, 1.82) is 0 Å². The summed E-state index contributed by atoms with van der Waals surface area (Å²) >= 11 is 1.71. The van der Waals surface area contributed by atoms with Crippen LogP contribution >= 0.6 is 11.8 Å². The molecule has 3 rings (SSSR count). The number of hydrogen-bond donors (Lipinski definition) is 0. The van der Waals surface area contributed by atoms with Crippen LogP contribution in [0.5, 0.6) is 5.75 Å². The summed E-state index contributed by atoms with van der Waals surface area (Å²) in [5, 5.41) is 0. The van der Waals surface area contributed by atoms with E-state index in [4.69, 9.17) is 4.74 Å². The molecule has 1 aliphatic heterocycles. The number of methoxy groups -OCH3 is 1. The van der Waals surface area contributed by atoms with Gasteiger partial charge in [-0.3, -0.25) is 4.79 Å². The number of nitrogens with zero attached hydrogens (tertiary/aromatic N) is 1. The van der Waals surface area contributed by atoms with Crippen LogP contribution in [0, 0.1) is 5.82 Å². The van der Waals surface area contributed by atoms with Gasteiger partial charge in [0.15, 0.2) is 0 Å². The number of rotatable bonds is 2. The molecule has 108 valence electrons. The van der Waals surface area contributed by atoms with Gasteiger partial charge in [0, 0.05) is 23.3 Å². The highest BCUT2D eigenvalue weighted by molar-refractivity contribution is 7.99. The molecule has 0 bridgehead atoms. The van der Waals surface area contributed by atoms with E-state index in [-0.39, 0.29) is 11.5 Å². The van der Waals surface area contributed by atoms with Crippen LogP contribution in [0.1, 0.15) is 10.4 Å². The molecule has 0 radical (unpaired) electrons. The highest BCUT2D eigenvalue weighted by atomic mass is 32.2. The second-order valence-electron chi connectivity index (χ2n) is 4.62. The Hall–Kier alpha value is -2.01. The fraction of sp³-hybridized carbons (Fsp3) is 0.188. The van der Waals surface area contributed by atoms with Crippen molar-refractivity contribution >= 4 is 23.4 Å². The van der Waals surface area contributed by atoms with Crippen molar-refractivity contribution in [2.24, 2.45) is 0 Å². The Kier molecular flexibility index (Phi) is 3.84. The Bertz CT molecular complexity index is 690. The van der Waals surface area contributed by atoms with Crippen molar-refractivity contribution in [3.05, 3.63) is 53.8 Å². The SMILES string of the molecule is COc1ccc(C(=O)N2CCSc3ccccc32)c(F)c1. The highest BCUT2D eigenvalue weighted by Gasteiger charge is 2.25. The zero-order valence-electron chi connectivity index (χ0n) is 11.5. The van der Waals surface area contributed by atoms with Gasteiger partial charge in [0.2, 0.25) is 0 Å². The van der Waals surface area contributed by atoms with E-state index in [9.17, 15) is 9.18 Å². The van der Waals surface area contributed by atoms with E-state index in [1.54, 1.807) is 22.7 Å². The Balaban J connectivity index is 1.97. The molecule has 0 aliphatic carbocycles. The molecular weight excluding hydrogens is 289 g/mol. The van der Waals surface area contributed by atoms with Crippen LogP contribution in [-0.2, 0) is 0 Å². The molecule has 0 N–H and O–H groups in total. The van der Waals surface area contributed by atoms with E-state index in [1.165, 1.54) is 19.2 Å². The van der Waals surface area contributed by atoms with Gasteiger partial charge in [0.25, 0.3) is 5.91 Å². The predicted octanol–water partition coefficient (Wildman–Crippen LogP) is 3.59. The van der Waals surface area contributed by atoms with Crippen molar-refractivity contribution in [2.75, 3.05) is 24.3 Å². The number of thioether (sulfide) groups is 1. The molecule has 0 atom stereocenters. The molecule has 3 nitrogen and oxygen atoms in total. The lowest BCUT2D eigenvalue weighted by molar-refractivity contribution is 0.0984. The molecule has 0 spiro atoms. The third kappa shape index (κ3) is 2.61. The van der Waals surface area contributed by atoms with Crippen molar-refractivity contribution in [2.45, 2.75) is 4.90 Å². The third-order valence-corrected chi connectivity index (χ3v) is 4.42. The van der Waals surface area contributed by atoms with Gasteiger partial charge in [0.05, 0.1) is 18.4 Å². The zero-order chi connectivity index (χ0) is 14.8. The average molecular weight is 303 g/mol. The molecule has 1 amide bonds. The lowest BCUT2D eigenvalue weighted by Gasteiger charge is -2.29. The number of anilines is 1. The van der Waals surface area contributed by atoms with E-state index in [1.807, 2.05) is 24.3 Å². The summed E-state index contributed by atoms with van der Waals surface area (Å²) in [5.74, 6) is 0.331. The third-order valence-electron chi connectivity index (χ3n) is 3.38. The first-order chi connectivity index (χ1) is 10.2. The van der Waals surface area contributed by atoms with Crippen LogP contribution < -0.4 is 9.64 Å². The van der Waals surface area contributed by atoms with Gasteiger partial charge in [-0.05, 0) is 24.3 Å². The minimum absolute atomic E-state index is 0.0671. The monoisotopic (exact) mass is 303 g/mol. The van der Waals surface area contributed by atoms with Crippen molar-refractivity contribution in [3.63, 3.8) is 0 Å². The molecule has 0 unspecified atom stereocenters. The first kappa shape index (κ1) is 13.9.